The Morgan fingerprint density at radius 2 is 1.76 bits per heavy atom. The van der Waals surface area contributed by atoms with Crippen LogP contribution in [0.5, 0.6) is 11.5 Å². The maximum absolute atomic E-state index is 12.9. The topological polar surface area (TPSA) is 85.3 Å². The lowest BCUT2D eigenvalue weighted by atomic mass is 9.95. The van der Waals surface area contributed by atoms with Gasteiger partial charge in [-0.25, -0.2) is 4.79 Å². The fourth-order valence-corrected chi connectivity index (χ4v) is 4.33. The van der Waals surface area contributed by atoms with E-state index in [4.69, 9.17) is 14.2 Å². The monoisotopic (exact) mass is 461 g/mol. The zero-order valence-electron chi connectivity index (χ0n) is 19.4. The lowest BCUT2D eigenvalue weighted by Crippen LogP contribution is -2.31. The summed E-state index contributed by atoms with van der Waals surface area (Å²) in [5.41, 5.74) is 4.01. The van der Waals surface area contributed by atoms with E-state index < -0.39 is 5.97 Å². The molecule has 34 heavy (non-hydrogen) atoms. The fourth-order valence-electron chi connectivity index (χ4n) is 4.33. The van der Waals surface area contributed by atoms with E-state index in [1.54, 1.807) is 31.3 Å². The second-order valence-electron chi connectivity index (χ2n) is 8.21. The van der Waals surface area contributed by atoms with Crippen LogP contribution in [0.2, 0.25) is 0 Å². The summed E-state index contributed by atoms with van der Waals surface area (Å²) in [7, 11) is 3.16. The Morgan fingerprint density at radius 1 is 1.00 bits per heavy atom. The number of hydrogen-bond donors (Lipinski definition) is 1. The molecule has 0 saturated carbocycles. The predicted octanol–water partition coefficient (Wildman–Crippen LogP) is 5.08. The average Bonchev–Trinajstić information content (AvgIpc) is 3.12. The molecule has 0 unspecified atom stereocenters. The van der Waals surface area contributed by atoms with Crippen LogP contribution in [0.4, 0.5) is 4.79 Å². The summed E-state index contributed by atoms with van der Waals surface area (Å²) in [6.07, 6.45) is -0.852. The molecule has 3 aromatic carbocycles. The van der Waals surface area contributed by atoms with Crippen LogP contribution < -0.4 is 9.47 Å². The number of aliphatic carboxylic acids is 1. The molecular formula is C27H27NO6. The Balaban J connectivity index is 1.72. The third-order valence-corrected chi connectivity index (χ3v) is 6.08. The van der Waals surface area contributed by atoms with Crippen LogP contribution in [0.1, 0.15) is 29.7 Å². The van der Waals surface area contributed by atoms with Crippen molar-refractivity contribution in [2.75, 3.05) is 14.2 Å². The highest BCUT2D eigenvalue weighted by Gasteiger charge is 2.39. The third kappa shape index (κ3) is 4.69. The van der Waals surface area contributed by atoms with Crippen molar-refractivity contribution in [1.29, 1.82) is 0 Å². The van der Waals surface area contributed by atoms with Gasteiger partial charge < -0.3 is 19.3 Å². The minimum Gasteiger partial charge on any atom is -0.497 e. The Morgan fingerprint density at radius 3 is 2.44 bits per heavy atom. The van der Waals surface area contributed by atoms with Gasteiger partial charge in [-0.3, -0.25) is 9.69 Å². The van der Waals surface area contributed by atoms with Crippen LogP contribution in [0.15, 0.2) is 66.7 Å². The molecule has 0 bridgehead atoms. The van der Waals surface area contributed by atoms with Crippen molar-refractivity contribution in [3.05, 3.63) is 83.4 Å². The number of benzene rings is 3. The number of carbonyl (C=O) groups is 2. The molecule has 1 aliphatic rings. The zero-order valence-corrected chi connectivity index (χ0v) is 19.4. The van der Waals surface area contributed by atoms with Gasteiger partial charge in [0.05, 0.1) is 33.2 Å². The molecule has 7 nitrogen and oxygen atoms in total. The number of carboxylic acids is 1. The quantitative estimate of drug-likeness (QED) is 0.504. The summed E-state index contributed by atoms with van der Waals surface area (Å²) in [6.45, 7) is 2.26. The summed E-state index contributed by atoms with van der Waals surface area (Å²) in [6, 6.07) is 20.4. The molecule has 2 atom stereocenters. The van der Waals surface area contributed by atoms with Crippen molar-refractivity contribution in [3.8, 4) is 22.6 Å². The van der Waals surface area contributed by atoms with Gasteiger partial charge in [-0.05, 0) is 53.4 Å². The number of amides is 1. The van der Waals surface area contributed by atoms with Crippen molar-refractivity contribution in [2.45, 2.75) is 32.0 Å². The molecule has 3 aromatic rings. The Labute approximate surface area is 198 Å². The first kappa shape index (κ1) is 23.2. The molecule has 1 N–H and O–H groups in total. The summed E-state index contributed by atoms with van der Waals surface area (Å²) in [5, 5.41) is 9.24. The van der Waals surface area contributed by atoms with Crippen molar-refractivity contribution in [3.63, 3.8) is 0 Å². The van der Waals surface area contributed by atoms with Crippen LogP contribution in [-0.4, -0.2) is 42.3 Å². The lowest BCUT2D eigenvalue weighted by Gasteiger charge is -2.23. The number of carboxylic acid groups (broad SMARTS) is 1. The predicted molar refractivity (Wildman–Crippen MR) is 127 cm³/mol. The van der Waals surface area contributed by atoms with Gasteiger partial charge in [-0.2, -0.15) is 0 Å². The van der Waals surface area contributed by atoms with Crippen LogP contribution in [0, 0.1) is 0 Å². The fraction of sp³-hybridized carbons (Fsp3) is 0.259. The third-order valence-electron chi connectivity index (χ3n) is 6.08. The maximum Gasteiger partial charge on any atom is 0.411 e. The summed E-state index contributed by atoms with van der Waals surface area (Å²) in [4.78, 5) is 25.8. The number of hydrogen-bond acceptors (Lipinski definition) is 5. The van der Waals surface area contributed by atoms with Crippen LogP contribution >= 0.6 is 0 Å². The molecular weight excluding hydrogens is 434 g/mol. The van der Waals surface area contributed by atoms with Crippen molar-refractivity contribution < 1.29 is 28.9 Å². The molecule has 0 spiro atoms. The Hall–Kier alpha value is -4.00. The first-order valence-corrected chi connectivity index (χ1v) is 11.0. The largest absolute Gasteiger partial charge is 0.497 e. The van der Waals surface area contributed by atoms with Crippen molar-refractivity contribution in [2.24, 2.45) is 0 Å². The minimum absolute atomic E-state index is 0.100. The summed E-state index contributed by atoms with van der Waals surface area (Å²) >= 11 is 0. The Bertz CT molecular complexity index is 1190. The SMILES string of the molecule is COc1ccc(-c2cc(CC(=O)O)ccc2OC)c(CN2C(=O)O[C@H](c3ccccc3)[C@@H]2C)c1. The number of ether oxygens (including phenoxy) is 3. The van der Waals surface area contributed by atoms with Gasteiger partial charge in [-0.1, -0.05) is 42.5 Å². The van der Waals surface area contributed by atoms with E-state index in [0.29, 0.717) is 23.6 Å². The molecule has 1 fully saturated rings. The zero-order chi connectivity index (χ0) is 24.2. The number of cyclic esters (lactones) is 1. The van der Waals surface area contributed by atoms with E-state index in [2.05, 4.69) is 0 Å². The standard InChI is InChI=1S/C27H27NO6/c1-17-26(19-7-5-4-6-8-19)34-27(31)28(17)16-20-15-21(32-2)10-11-22(20)23-13-18(14-25(29)30)9-12-24(23)33-3/h4-13,15,17,26H,14,16H2,1-3H3,(H,29,30)/t17-,26-/m0/s1. The summed E-state index contributed by atoms with van der Waals surface area (Å²) < 4.78 is 16.7. The van der Waals surface area contributed by atoms with E-state index in [-0.39, 0.29) is 24.7 Å². The van der Waals surface area contributed by atoms with Gasteiger partial charge >= 0.3 is 12.1 Å². The molecule has 1 amide bonds. The number of methoxy groups -OCH3 is 2. The first-order valence-electron chi connectivity index (χ1n) is 11.0. The van der Waals surface area contributed by atoms with Gasteiger partial charge in [0.2, 0.25) is 0 Å². The van der Waals surface area contributed by atoms with E-state index in [0.717, 1.165) is 22.3 Å². The van der Waals surface area contributed by atoms with Crippen molar-refractivity contribution in [1.82, 2.24) is 4.90 Å². The smallest absolute Gasteiger partial charge is 0.411 e. The molecule has 1 heterocycles. The first-order chi connectivity index (χ1) is 16.4. The molecule has 0 aromatic heterocycles. The van der Waals surface area contributed by atoms with E-state index >= 15 is 0 Å². The highest BCUT2D eigenvalue weighted by Crippen LogP contribution is 2.38. The average molecular weight is 462 g/mol. The van der Waals surface area contributed by atoms with E-state index in [1.165, 1.54) is 0 Å². The summed E-state index contributed by atoms with van der Waals surface area (Å²) in [5.74, 6) is 0.352. The van der Waals surface area contributed by atoms with Gasteiger partial charge in [0, 0.05) is 5.56 Å². The highest BCUT2D eigenvalue weighted by molar-refractivity contribution is 5.78. The maximum atomic E-state index is 12.9. The minimum atomic E-state index is -0.910. The molecule has 1 aliphatic heterocycles. The number of carbonyl (C=O) groups excluding carboxylic acids is 1. The Kier molecular flexibility index (Phi) is 6.72. The van der Waals surface area contributed by atoms with Crippen LogP contribution in [0.25, 0.3) is 11.1 Å². The molecule has 4 rings (SSSR count). The second kappa shape index (κ2) is 9.87. The number of nitrogens with zero attached hydrogens (tertiary/aromatic N) is 1. The van der Waals surface area contributed by atoms with Gasteiger partial charge in [-0.15, -0.1) is 0 Å². The highest BCUT2D eigenvalue weighted by atomic mass is 16.6. The van der Waals surface area contributed by atoms with E-state index in [1.807, 2.05) is 61.5 Å². The van der Waals surface area contributed by atoms with Gasteiger partial charge in [0.25, 0.3) is 0 Å². The van der Waals surface area contributed by atoms with E-state index in [9.17, 15) is 14.7 Å². The van der Waals surface area contributed by atoms with Gasteiger partial charge in [0.15, 0.2) is 0 Å². The molecule has 7 heteroatoms. The van der Waals surface area contributed by atoms with Crippen molar-refractivity contribution >= 4 is 12.1 Å². The normalized spacial score (nSPS) is 17.4. The number of rotatable bonds is 8. The van der Waals surface area contributed by atoms with Gasteiger partial charge in [0.1, 0.15) is 17.6 Å². The van der Waals surface area contributed by atoms with Crippen LogP contribution in [-0.2, 0) is 22.5 Å². The molecule has 1 saturated heterocycles. The molecule has 176 valence electrons. The lowest BCUT2D eigenvalue weighted by molar-refractivity contribution is -0.136. The second-order valence-corrected chi connectivity index (χ2v) is 8.21. The molecule has 0 radical (unpaired) electrons. The van der Waals surface area contributed by atoms with Crippen LogP contribution in [0.3, 0.4) is 0 Å². The molecule has 0 aliphatic carbocycles.